The Morgan fingerprint density at radius 3 is 2.68 bits per heavy atom. The van der Waals surface area contributed by atoms with Gasteiger partial charge in [-0.15, -0.1) is 0 Å². The van der Waals surface area contributed by atoms with Crippen molar-refractivity contribution in [3.05, 3.63) is 69.2 Å². The second kappa shape index (κ2) is 7.63. The van der Waals surface area contributed by atoms with Gasteiger partial charge in [0.1, 0.15) is 0 Å². The number of halogens is 2. The fourth-order valence-electron chi connectivity index (χ4n) is 2.16. The summed E-state index contributed by atoms with van der Waals surface area (Å²) in [5, 5.41) is 4.63. The van der Waals surface area contributed by atoms with Gasteiger partial charge < -0.3 is 10.1 Å². The second-order valence-corrected chi connectivity index (χ2v) is 5.80. The van der Waals surface area contributed by atoms with Gasteiger partial charge in [-0.2, -0.15) is 0 Å². The van der Waals surface area contributed by atoms with Gasteiger partial charge in [0.15, 0.2) is 0 Å². The third-order valence-electron chi connectivity index (χ3n) is 3.39. The molecule has 0 heterocycles. The predicted octanol–water partition coefficient (Wildman–Crippen LogP) is 4.63. The van der Waals surface area contributed by atoms with Crippen LogP contribution in [-0.2, 0) is 11.3 Å². The van der Waals surface area contributed by atoms with Crippen LogP contribution >= 0.6 is 23.2 Å². The number of rotatable bonds is 5. The largest absolute Gasteiger partial charge is 0.465 e. The van der Waals surface area contributed by atoms with Crippen LogP contribution in [0, 0.1) is 0 Å². The van der Waals surface area contributed by atoms with Gasteiger partial charge in [0.25, 0.3) is 0 Å². The molecule has 22 heavy (non-hydrogen) atoms. The van der Waals surface area contributed by atoms with Crippen molar-refractivity contribution < 1.29 is 9.53 Å². The van der Waals surface area contributed by atoms with Crippen molar-refractivity contribution in [2.45, 2.75) is 19.5 Å². The lowest BCUT2D eigenvalue weighted by Crippen LogP contribution is -2.18. The summed E-state index contributed by atoms with van der Waals surface area (Å²) in [6, 6.07) is 12.9. The van der Waals surface area contributed by atoms with E-state index in [0.717, 1.165) is 11.1 Å². The Morgan fingerprint density at radius 2 is 2.00 bits per heavy atom. The summed E-state index contributed by atoms with van der Waals surface area (Å²) in [7, 11) is 1.37. The Hall–Kier alpha value is -1.55. The monoisotopic (exact) mass is 337 g/mol. The summed E-state index contributed by atoms with van der Waals surface area (Å²) in [6.07, 6.45) is 0. The van der Waals surface area contributed by atoms with E-state index in [1.807, 2.05) is 37.3 Å². The first-order valence-corrected chi connectivity index (χ1v) is 7.62. The molecule has 0 saturated heterocycles. The van der Waals surface area contributed by atoms with E-state index >= 15 is 0 Å². The fraction of sp³-hybridized carbons (Fsp3) is 0.235. The molecular weight excluding hydrogens is 321 g/mol. The normalized spacial score (nSPS) is 12.0. The molecule has 116 valence electrons. The number of nitrogens with one attached hydrogen (secondary N) is 1. The maximum atomic E-state index is 11.5. The number of carbonyl (C=O) groups excluding carboxylic acids is 1. The summed E-state index contributed by atoms with van der Waals surface area (Å²) < 4.78 is 4.72. The summed E-state index contributed by atoms with van der Waals surface area (Å²) in [6.45, 7) is 2.64. The van der Waals surface area contributed by atoms with Gasteiger partial charge in [0.05, 0.1) is 12.7 Å². The molecule has 2 aromatic rings. The minimum absolute atomic E-state index is 0.0616. The molecule has 0 saturated carbocycles. The Bertz CT molecular complexity index is 673. The van der Waals surface area contributed by atoms with E-state index < -0.39 is 0 Å². The molecule has 2 rings (SSSR count). The van der Waals surface area contributed by atoms with Crippen molar-refractivity contribution in [1.82, 2.24) is 5.32 Å². The van der Waals surface area contributed by atoms with Crippen molar-refractivity contribution in [3.63, 3.8) is 0 Å². The first-order valence-electron chi connectivity index (χ1n) is 6.87. The Labute approximate surface area is 140 Å². The maximum Gasteiger partial charge on any atom is 0.337 e. The van der Waals surface area contributed by atoms with Crippen LogP contribution in [0.5, 0.6) is 0 Å². The molecule has 1 unspecified atom stereocenters. The molecule has 5 heteroatoms. The molecule has 0 aliphatic rings. The SMILES string of the molecule is COC(=O)c1cccc(CNC(C)c2ccc(Cl)cc2Cl)c1. The van der Waals surface area contributed by atoms with Crippen LogP contribution in [0.2, 0.25) is 10.0 Å². The van der Waals surface area contributed by atoms with E-state index in [-0.39, 0.29) is 12.0 Å². The molecule has 0 spiro atoms. The van der Waals surface area contributed by atoms with E-state index in [1.165, 1.54) is 7.11 Å². The van der Waals surface area contributed by atoms with Crippen LogP contribution in [0.1, 0.15) is 34.5 Å². The van der Waals surface area contributed by atoms with Gasteiger partial charge in [-0.05, 0) is 42.3 Å². The molecule has 0 bridgehead atoms. The highest BCUT2D eigenvalue weighted by molar-refractivity contribution is 6.35. The van der Waals surface area contributed by atoms with Crippen molar-refractivity contribution in [1.29, 1.82) is 0 Å². The topological polar surface area (TPSA) is 38.3 Å². The fourth-order valence-corrected chi connectivity index (χ4v) is 2.73. The van der Waals surface area contributed by atoms with E-state index in [9.17, 15) is 4.79 Å². The quantitative estimate of drug-likeness (QED) is 0.808. The Balaban J connectivity index is 2.04. The summed E-state index contributed by atoms with van der Waals surface area (Å²) in [4.78, 5) is 11.5. The number of methoxy groups -OCH3 is 1. The van der Waals surface area contributed by atoms with Gasteiger partial charge in [0, 0.05) is 22.6 Å². The van der Waals surface area contributed by atoms with Crippen LogP contribution in [0.15, 0.2) is 42.5 Å². The van der Waals surface area contributed by atoms with Gasteiger partial charge in [-0.1, -0.05) is 41.4 Å². The zero-order valence-electron chi connectivity index (χ0n) is 12.4. The minimum Gasteiger partial charge on any atom is -0.465 e. The van der Waals surface area contributed by atoms with Crippen molar-refractivity contribution in [3.8, 4) is 0 Å². The smallest absolute Gasteiger partial charge is 0.337 e. The van der Waals surface area contributed by atoms with Gasteiger partial charge in [-0.3, -0.25) is 0 Å². The lowest BCUT2D eigenvalue weighted by Gasteiger charge is -2.16. The highest BCUT2D eigenvalue weighted by atomic mass is 35.5. The first kappa shape index (κ1) is 16.8. The number of hydrogen-bond acceptors (Lipinski definition) is 3. The van der Waals surface area contributed by atoms with E-state index in [2.05, 4.69) is 5.32 Å². The Kier molecular flexibility index (Phi) is 5.83. The van der Waals surface area contributed by atoms with Crippen molar-refractivity contribution >= 4 is 29.2 Å². The molecule has 0 amide bonds. The molecule has 1 atom stereocenters. The number of esters is 1. The highest BCUT2D eigenvalue weighted by Crippen LogP contribution is 2.26. The van der Waals surface area contributed by atoms with Crippen LogP contribution in [0.25, 0.3) is 0 Å². The average molecular weight is 338 g/mol. The van der Waals surface area contributed by atoms with Crippen LogP contribution in [0.4, 0.5) is 0 Å². The number of hydrogen-bond donors (Lipinski definition) is 1. The Morgan fingerprint density at radius 1 is 1.23 bits per heavy atom. The van der Waals surface area contributed by atoms with Crippen LogP contribution in [-0.4, -0.2) is 13.1 Å². The molecule has 0 fully saturated rings. The molecule has 0 aliphatic heterocycles. The maximum absolute atomic E-state index is 11.5. The summed E-state index contributed by atoms with van der Waals surface area (Å²) in [5.74, 6) is -0.337. The third-order valence-corrected chi connectivity index (χ3v) is 3.95. The molecule has 3 nitrogen and oxygen atoms in total. The summed E-state index contributed by atoms with van der Waals surface area (Å²) in [5.41, 5.74) is 2.52. The van der Waals surface area contributed by atoms with Crippen molar-refractivity contribution in [2.24, 2.45) is 0 Å². The number of carbonyl (C=O) groups is 1. The van der Waals surface area contributed by atoms with Crippen molar-refractivity contribution in [2.75, 3.05) is 7.11 Å². The number of benzene rings is 2. The van der Waals surface area contributed by atoms with Gasteiger partial charge in [-0.25, -0.2) is 4.79 Å². The van der Waals surface area contributed by atoms with Crippen LogP contribution in [0.3, 0.4) is 0 Å². The van der Waals surface area contributed by atoms with E-state index in [1.54, 1.807) is 12.1 Å². The second-order valence-electron chi connectivity index (χ2n) is 4.96. The predicted molar refractivity (Wildman–Crippen MR) is 89.5 cm³/mol. The average Bonchev–Trinajstić information content (AvgIpc) is 2.52. The third kappa shape index (κ3) is 4.23. The van der Waals surface area contributed by atoms with Gasteiger partial charge in [0.2, 0.25) is 0 Å². The van der Waals surface area contributed by atoms with E-state index in [4.69, 9.17) is 27.9 Å². The molecule has 2 aromatic carbocycles. The molecule has 0 aliphatic carbocycles. The zero-order chi connectivity index (χ0) is 16.1. The van der Waals surface area contributed by atoms with Gasteiger partial charge >= 0.3 is 5.97 Å². The minimum atomic E-state index is -0.337. The molecule has 0 radical (unpaired) electrons. The highest BCUT2D eigenvalue weighted by Gasteiger charge is 2.10. The first-order chi connectivity index (χ1) is 10.5. The van der Waals surface area contributed by atoms with E-state index in [0.29, 0.717) is 22.2 Å². The zero-order valence-corrected chi connectivity index (χ0v) is 13.9. The lowest BCUT2D eigenvalue weighted by molar-refractivity contribution is 0.0600. The summed E-state index contributed by atoms with van der Waals surface area (Å²) >= 11 is 12.1. The molecular formula is C17H17Cl2NO2. The molecule has 0 aromatic heterocycles. The standard InChI is InChI=1S/C17H17Cl2NO2/c1-11(15-7-6-14(18)9-16(15)19)20-10-12-4-3-5-13(8-12)17(21)22-2/h3-9,11,20H,10H2,1-2H3. The molecule has 1 N–H and O–H groups in total. The lowest BCUT2D eigenvalue weighted by atomic mass is 10.1. The number of ether oxygens (including phenoxy) is 1. The van der Waals surface area contributed by atoms with Crippen LogP contribution < -0.4 is 5.32 Å².